The summed E-state index contributed by atoms with van der Waals surface area (Å²) in [6.07, 6.45) is 2.84. The van der Waals surface area contributed by atoms with E-state index in [-0.39, 0.29) is 0 Å². The van der Waals surface area contributed by atoms with Gasteiger partial charge in [0.1, 0.15) is 5.76 Å². The molecule has 0 fully saturated rings. The fourth-order valence-electron chi connectivity index (χ4n) is 1.35. The van der Waals surface area contributed by atoms with Gasteiger partial charge in [0.15, 0.2) is 0 Å². The first-order valence-electron chi connectivity index (χ1n) is 4.77. The number of hydrogen-bond acceptors (Lipinski definition) is 3. The van der Waals surface area contributed by atoms with Gasteiger partial charge in [-0.2, -0.15) is 13.9 Å². The lowest BCUT2D eigenvalue weighted by Gasteiger charge is -2.01. The molecule has 1 N–H and O–H groups in total. The predicted molar refractivity (Wildman–Crippen MR) is 54.3 cm³/mol. The summed E-state index contributed by atoms with van der Waals surface area (Å²) in [5.74, 6) is 0.740. The number of furan rings is 1. The molecular weight excluding hydrogens is 216 g/mol. The van der Waals surface area contributed by atoms with Gasteiger partial charge in [0, 0.05) is 0 Å². The number of anilines is 1. The van der Waals surface area contributed by atoms with Crippen molar-refractivity contribution in [3.8, 4) is 0 Å². The smallest absolute Gasteiger partial charge is 0.333 e. The van der Waals surface area contributed by atoms with Crippen molar-refractivity contribution in [1.29, 1.82) is 0 Å². The van der Waals surface area contributed by atoms with Gasteiger partial charge in [0.05, 0.1) is 30.4 Å². The molecule has 0 saturated carbocycles. The Balaban J connectivity index is 2.04. The first-order valence-corrected chi connectivity index (χ1v) is 4.77. The van der Waals surface area contributed by atoms with Crippen molar-refractivity contribution in [2.45, 2.75) is 20.0 Å². The monoisotopic (exact) mass is 227 g/mol. The molecule has 4 nitrogen and oxygen atoms in total. The fourth-order valence-corrected chi connectivity index (χ4v) is 1.35. The second-order valence-corrected chi connectivity index (χ2v) is 3.32. The minimum Gasteiger partial charge on any atom is -0.467 e. The molecule has 0 aromatic carbocycles. The third kappa shape index (κ3) is 2.21. The Morgan fingerprint density at radius 3 is 2.94 bits per heavy atom. The van der Waals surface area contributed by atoms with Crippen LogP contribution in [0.25, 0.3) is 0 Å². The van der Waals surface area contributed by atoms with Gasteiger partial charge in [-0.05, 0) is 19.1 Å². The van der Waals surface area contributed by atoms with Crippen LogP contribution in [0, 0.1) is 6.92 Å². The molecule has 0 aliphatic rings. The van der Waals surface area contributed by atoms with E-state index >= 15 is 0 Å². The van der Waals surface area contributed by atoms with Crippen LogP contribution in [0.5, 0.6) is 0 Å². The third-order valence-electron chi connectivity index (χ3n) is 2.15. The van der Waals surface area contributed by atoms with E-state index in [9.17, 15) is 8.78 Å². The lowest BCUT2D eigenvalue weighted by molar-refractivity contribution is 0.0563. The highest BCUT2D eigenvalue weighted by Gasteiger charge is 2.11. The Kier molecular flexibility index (Phi) is 2.89. The zero-order chi connectivity index (χ0) is 11.5. The number of alkyl halides is 2. The van der Waals surface area contributed by atoms with Crippen LogP contribution in [-0.4, -0.2) is 9.78 Å². The average molecular weight is 227 g/mol. The highest BCUT2D eigenvalue weighted by Crippen LogP contribution is 2.18. The molecule has 0 amide bonds. The topological polar surface area (TPSA) is 43.0 Å². The molecule has 0 unspecified atom stereocenters. The molecular formula is C10H11F2N3O. The van der Waals surface area contributed by atoms with Gasteiger partial charge in [-0.3, -0.25) is 0 Å². The maximum absolute atomic E-state index is 12.3. The van der Waals surface area contributed by atoms with Gasteiger partial charge in [-0.1, -0.05) is 0 Å². The summed E-state index contributed by atoms with van der Waals surface area (Å²) in [6, 6.07) is 3.58. The summed E-state index contributed by atoms with van der Waals surface area (Å²) in [7, 11) is 0. The highest BCUT2D eigenvalue weighted by molar-refractivity contribution is 5.45. The van der Waals surface area contributed by atoms with E-state index in [2.05, 4.69) is 10.4 Å². The number of rotatable bonds is 4. The average Bonchev–Trinajstić information content (AvgIpc) is 2.84. The number of aromatic nitrogens is 2. The van der Waals surface area contributed by atoms with Crippen molar-refractivity contribution in [3.63, 3.8) is 0 Å². The zero-order valence-electron chi connectivity index (χ0n) is 8.65. The van der Waals surface area contributed by atoms with Gasteiger partial charge in [0.2, 0.25) is 0 Å². The first kappa shape index (κ1) is 10.7. The lowest BCUT2D eigenvalue weighted by atomic mass is 10.4. The standard InChI is InChI=1S/C10H11F2N3O/c1-7-9(6-15(14-7)10(11)12)13-5-8-3-2-4-16-8/h2-4,6,10,13H,5H2,1H3. The van der Waals surface area contributed by atoms with Crippen molar-refractivity contribution in [1.82, 2.24) is 9.78 Å². The maximum Gasteiger partial charge on any atom is 0.333 e. The van der Waals surface area contributed by atoms with Crippen molar-refractivity contribution >= 4 is 5.69 Å². The summed E-state index contributed by atoms with van der Waals surface area (Å²) >= 11 is 0. The molecule has 0 saturated heterocycles. The van der Waals surface area contributed by atoms with Crippen molar-refractivity contribution < 1.29 is 13.2 Å². The van der Waals surface area contributed by atoms with E-state index in [1.165, 1.54) is 6.20 Å². The molecule has 0 bridgehead atoms. The van der Waals surface area contributed by atoms with Crippen molar-refractivity contribution in [2.24, 2.45) is 0 Å². The second-order valence-electron chi connectivity index (χ2n) is 3.32. The predicted octanol–water partition coefficient (Wildman–Crippen LogP) is 2.79. The van der Waals surface area contributed by atoms with Crippen LogP contribution in [0.3, 0.4) is 0 Å². The summed E-state index contributed by atoms with van der Waals surface area (Å²) in [6.45, 7) is -0.496. The van der Waals surface area contributed by atoms with E-state index < -0.39 is 6.55 Å². The molecule has 86 valence electrons. The molecule has 2 heterocycles. The van der Waals surface area contributed by atoms with E-state index in [0.717, 1.165) is 5.76 Å². The van der Waals surface area contributed by atoms with Crippen LogP contribution in [0.15, 0.2) is 29.0 Å². The molecule has 0 aliphatic carbocycles. The van der Waals surface area contributed by atoms with Gasteiger partial charge in [-0.15, -0.1) is 0 Å². The molecule has 2 rings (SSSR count). The minimum atomic E-state index is -2.61. The van der Waals surface area contributed by atoms with Crippen LogP contribution < -0.4 is 5.32 Å². The van der Waals surface area contributed by atoms with Crippen LogP contribution in [-0.2, 0) is 6.54 Å². The van der Waals surface area contributed by atoms with E-state index in [1.807, 2.05) is 0 Å². The normalized spacial score (nSPS) is 11.0. The quantitative estimate of drug-likeness (QED) is 0.873. The number of nitrogens with one attached hydrogen (secondary N) is 1. The van der Waals surface area contributed by atoms with Crippen LogP contribution in [0.2, 0.25) is 0 Å². The molecule has 0 spiro atoms. The molecule has 2 aromatic heterocycles. The summed E-state index contributed by atoms with van der Waals surface area (Å²) in [4.78, 5) is 0. The summed E-state index contributed by atoms with van der Waals surface area (Å²) in [5.41, 5.74) is 1.11. The van der Waals surface area contributed by atoms with E-state index in [4.69, 9.17) is 4.42 Å². The lowest BCUT2D eigenvalue weighted by Crippen LogP contribution is -1.98. The Bertz CT molecular complexity index is 451. The Morgan fingerprint density at radius 2 is 2.38 bits per heavy atom. The molecule has 2 aromatic rings. The SMILES string of the molecule is Cc1nn(C(F)F)cc1NCc1ccco1. The number of aryl methyl sites for hydroxylation is 1. The highest BCUT2D eigenvalue weighted by atomic mass is 19.3. The number of hydrogen-bond donors (Lipinski definition) is 1. The maximum atomic E-state index is 12.3. The van der Waals surface area contributed by atoms with Crippen molar-refractivity contribution in [3.05, 3.63) is 36.0 Å². The van der Waals surface area contributed by atoms with Gasteiger partial charge in [0.25, 0.3) is 0 Å². The first-order chi connectivity index (χ1) is 7.66. The van der Waals surface area contributed by atoms with E-state index in [0.29, 0.717) is 22.6 Å². The van der Waals surface area contributed by atoms with Gasteiger partial charge < -0.3 is 9.73 Å². The molecule has 0 aliphatic heterocycles. The number of halogens is 2. The summed E-state index contributed by atoms with van der Waals surface area (Å²) in [5, 5.41) is 6.66. The fraction of sp³-hybridized carbons (Fsp3) is 0.300. The van der Waals surface area contributed by atoms with Crippen LogP contribution in [0.1, 0.15) is 18.0 Å². The second kappa shape index (κ2) is 4.34. The summed E-state index contributed by atoms with van der Waals surface area (Å²) < 4.78 is 30.4. The Labute approximate surface area is 90.9 Å². The molecule has 6 heteroatoms. The number of nitrogens with zero attached hydrogens (tertiary/aromatic N) is 2. The van der Waals surface area contributed by atoms with Crippen molar-refractivity contribution in [2.75, 3.05) is 5.32 Å². The van der Waals surface area contributed by atoms with Gasteiger partial charge >= 0.3 is 6.55 Å². The minimum absolute atomic E-state index is 0.447. The van der Waals surface area contributed by atoms with E-state index in [1.54, 1.807) is 25.3 Å². The van der Waals surface area contributed by atoms with Crippen LogP contribution >= 0.6 is 0 Å². The van der Waals surface area contributed by atoms with Gasteiger partial charge in [-0.25, -0.2) is 4.68 Å². The third-order valence-corrected chi connectivity index (χ3v) is 2.15. The Morgan fingerprint density at radius 1 is 1.56 bits per heavy atom. The van der Waals surface area contributed by atoms with Crippen LogP contribution in [0.4, 0.5) is 14.5 Å². The molecule has 0 radical (unpaired) electrons. The Hall–Kier alpha value is -1.85. The zero-order valence-corrected chi connectivity index (χ0v) is 8.65. The molecule has 0 atom stereocenters. The molecule has 16 heavy (non-hydrogen) atoms. The largest absolute Gasteiger partial charge is 0.467 e.